The van der Waals surface area contributed by atoms with E-state index in [1.165, 1.54) is 6.07 Å². The van der Waals surface area contributed by atoms with E-state index in [1.807, 2.05) is 0 Å². The van der Waals surface area contributed by atoms with Gasteiger partial charge in [0, 0.05) is 6.42 Å². The highest BCUT2D eigenvalue weighted by atomic mass is 35.5. The lowest BCUT2D eigenvalue weighted by Gasteiger charge is -2.24. The van der Waals surface area contributed by atoms with Gasteiger partial charge in [-0.2, -0.15) is 0 Å². The van der Waals surface area contributed by atoms with Gasteiger partial charge in [-0.25, -0.2) is 9.59 Å². The number of halogens is 1. The summed E-state index contributed by atoms with van der Waals surface area (Å²) in [6.45, 7) is 0.310. The molecular weight excluding hydrogens is 246 g/mol. The summed E-state index contributed by atoms with van der Waals surface area (Å²) < 4.78 is 4.73. The highest BCUT2D eigenvalue weighted by molar-refractivity contribution is 5.89. The summed E-state index contributed by atoms with van der Waals surface area (Å²) in [7, 11) is 0. The number of carboxylic acid groups (broad SMARTS) is 1. The third-order valence-corrected chi connectivity index (χ3v) is 2.50. The minimum Gasteiger partial charge on any atom is -0.478 e. The highest BCUT2D eigenvalue weighted by Gasteiger charge is 2.24. The van der Waals surface area contributed by atoms with Crippen LogP contribution >= 0.6 is 12.4 Å². The van der Waals surface area contributed by atoms with Crippen LogP contribution in [0.3, 0.4) is 0 Å². The Morgan fingerprint density at radius 3 is 2.76 bits per heavy atom. The van der Waals surface area contributed by atoms with E-state index in [0.29, 0.717) is 18.6 Å². The quantitative estimate of drug-likeness (QED) is 0.849. The maximum absolute atomic E-state index is 11.0. The van der Waals surface area contributed by atoms with Crippen LogP contribution < -0.4 is 5.32 Å². The first kappa shape index (κ1) is 13.3. The van der Waals surface area contributed by atoms with Gasteiger partial charge < -0.3 is 15.2 Å². The maximum atomic E-state index is 11.0. The van der Waals surface area contributed by atoms with Gasteiger partial charge in [-0.15, -0.1) is 12.4 Å². The molecule has 0 aromatic heterocycles. The van der Waals surface area contributed by atoms with Crippen LogP contribution in [0.5, 0.6) is 0 Å². The Balaban J connectivity index is 0.00000144. The molecule has 0 unspecified atom stereocenters. The summed E-state index contributed by atoms with van der Waals surface area (Å²) in [6.07, 6.45) is 0.0761. The molecule has 1 aliphatic heterocycles. The number of amides is 1. The predicted molar refractivity (Wildman–Crippen MR) is 62.5 cm³/mol. The van der Waals surface area contributed by atoms with Crippen LogP contribution in [0.25, 0.3) is 0 Å². The van der Waals surface area contributed by atoms with E-state index in [4.69, 9.17) is 9.84 Å². The maximum Gasteiger partial charge on any atom is 0.407 e. The SMILES string of the molecule is Cl.O=C1N[C@@H](c2ccccc2C(=O)O)CCO1. The topological polar surface area (TPSA) is 75.6 Å². The number of cyclic esters (lactones) is 1. The number of benzene rings is 1. The average Bonchev–Trinajstić information content (AvgIpc) is 2.29. The molecule has 1 heterocycles. The minimum absolute atomic E-state index is 0. The number of nitrogens with one attached hydrogen (secondary N) is 1. The molecule has 0 bridgehead atoms. The second-order valence-corrected chi connectivity index (χ2v) is 3.51. The molecule has 0 saturated carbocycles. The molecule has 1 aromatic rings. The Labute approximate surface area is 104 Å². The monoisotopic (exact) mass is 257 g/mol. The van der Waals surface area contributed by atoms with Crippen molar-refractivity contribution >= 4 is 24.5 Å². The van der Waals surface area contributed by atoms with Crippen molar-refractivity contribution < 1.29 is 19.4 Å². The zero-order valence-electron chi connectivity index (χ0n) is 8.88. The fourth-order valence-electron chi connectivity index (χ4n) is 1.75. The van der Waals surface area contributed by atoms with Gasteiger partial charge in [0.15, 0.2) is 0 Å². The number of aromatic carboxylic acids is 1. The standard InChI is InChI=1S/C11H11NO4.ClH/c13-10(14)8-4-2-1-3-7(8)9-5-6-16-11(15)12-9;/h1-4,9H,5-6H2,(H,12,15)(H,13,14);1H/t9-;/m1./s1. The molecule has 92 valence electrons. The van der Waals surface area contributed by atoms with Crippen LogP contribution in [0.4, 0.5) is 4.79 Å². The normalized spacial score (nSPS) is 18.6. The first-order valence-electron chi connectivity index (χ1n) is 4.94. The largest absolute Gasteiger partial charge is 0.478 e. The number of alkyl carbamates (subject to hydrolysis) is 1. The zero-order valence-corrected chi connectivity index (χ0v) is 9.70. The van der Waals surface area contributed by atoms with Gasteiger partial charge in [0.05, 0.1) is 18.2 Å². The summed E-state index contributed by atoms with van der Waals surface area (Å²) in [5, 5.41) is 11.6. The van der Waals surface area contributed by atoms with Crippen molar-refractivity contribution in [1.29, 1.82) is 0 Å². The van der Waals surface area contributed by atoms with E-state index in [9.17, 15) is 9.59 Å². The van der Waals surface area contributed by atoms with Crippen molar-refractivity contribution in [3.8, 4) is 0 Å². The second kappa shape index (κ2) is 5.54. The van der Waals surface area contributed by atoms with Crippen molar-refractivity contribution in [3.63, 3.8) is 0 Å². The molecule has 0 radical (unpaired) electrons. The van der Waals surface area contributed by atoms with Gasteiger partial charge >= 0.3 is 12.1 Å². The minimum atomic E-state index is -0.989. The molecule has 1 atom stereocenters. The molecule has 1 fully saturated rings. The Hall–Kier alpha value is -1.75. The molecule has 1 amide bonds. The van der Waals surface area contributed by atoms with Gasteiger partial charge in [-0.05, 0) is 11.6 Å². The van der Waals surface area contributed by atoms with Crippen LogP contribution in [-0.4, -0.2) is 23.8 Å². The number of carbonyl (C=O) groups is 2. The van der Waals surface area contributed by atoms with E-state index in [0.717, 1.165) is 0 Å². The highest BCUT2D eigenvalue weighted by Crippen LogP contribution is 2.23. The Bertz CT molecular complexity index is 435. The van der Waals surface area contributed by atoms with Crippen molar-refractivity contribution in [2.24, 2.45) is 0 Å². The van der Waals surface area contributed by atoms with Crippen LogP contribution in [0.15, 0.2) is 24.3 Å². The summed E-state index contributed by atoms with van der Waals surface area (Å²) in [5.74, 6) is -0.989. The molecule has 0 aliphatic carbocycles. The van der Waals surface area contributed by atoms with E-state index < -0.39 is 12.1 Å². The zero-order chi connectivity index (χ0) is 11.5. The van der Waals surface area contributed by atoms with Crippen molar-refractivity contribution in [2.45, 2.75) is 12.5 Å². The summed E-state index contributed by atoms with van der Waals surface area (Å²) in [6, 6.07) is 6.37. The molecule has 0 spiro atoms. The number of hydrogen-bond acceptors (Lipinski definition) is 3. The fourth-order valence-corrected chi connectivity index (χ4v) is 1.75. The predicted octanol–water partition coefficient (Wildman–Crippen LogP) is 1.98. The second-order valence-electron chi connectivity index (χ2n) is 3.51. The van der Waals surface area contributed by atoms with Crippen molar-refractivity contribution in [2.75, 3.05) is 6.61 Å². The molecule has 5 nitrogen and oxygen atoms in total. The van der Waals surface area contributed by atoms with E-state index in [1.54, 1.807) is 18.2 Å². The van der Waals surface area contributed by atoms with Gasteiger partial charge in [0.1, 0.15) is 0 Å². The first-order valence-corrected chi connectivity index (χ1v) is 4.94. The third-order valence-electron chi connectivity index (χ3n) is 2.50. The van der Waals surface area contributed by atoms with Gasteiger partial charge in [0.25, 0.3) is 0 Å². The lowest BCUT2D eigenvalue weighted by Crippen LogP contribution is -2.36. The Morgan fingerprint density at radius 1 is 1.41 bits per heavy atom. The van der Waals surface area contributed by atoms with Gasteiger partial charge in [-0.3, -0.25) is 0 Å². The average molecular weight is 258 g/mol. The van der Waals surface area contributed by atoms with Crippen LogP contribution in [0.2, 0.25) is 0 Å². The summed E-state index contributed by atoms with van der Waals surface area (Å²) >= 11 is 0. The molecule has 6 heteroatoms. The number of ether oxygens (including phenoxy) is 1. The smallest absolute Gasteiger partial charge is 0.407 e. The molecule has 1 saturated heterocycles. The third kappa shape index (κ3) is 2.88. The molecular formula is C11H12ClNO4. The first-order chi connectivity index (χ1) is 7.68. The van der Waals surface area contributed by atoms with Gasteiger partial charge in [-0.1, -0.05) is 18.2 Å². The van der Waals surface area contributed by atoms with Crippen LogP contribution in [0.1, 0.15) is 28.4 Å². The molecule has 17 heavy (non-hydrogen) atoms. The summed E-state index contributed by atoms with van der Waals surface area (Å²) in [5.41, 5.74) is 0.835. The van der Waals surface area contributed by atoms with Crippen molar-refractivity contribution in [3.05, 3.63) is 35.4 Å². The van der Waals surface area contributed by atoms with E-state index in [2.05, 4.69) is 5.32 Å². The Morgan fingerprint density at radius 2 is 2.12 bits per heavy atom. The van der Waals surface area contributed by atoms with Crippen LogP contribution in [0, 0.1) is 0 Å². The fraction of sp³-hybridized carbons (Fsp3) is 0.273. The van der Waals surface area contributed by atoms with E-state index >= 15 is 0 Å². The number of carbonyl (C=O) groups excluding carboxylic acids is 1. The number of carboxylic acids is 1. The van der Waals surface area contributed by atoms with Gasteiger partial charge in [0.2, 0.25) is 0 Å². The number of rotatable bonds is 2. The lowest BCUT2D eigenvalue weighted by molar-refractivity contribution is 0.0691. The molecule has 1 aliphatic rings. The molecule has 2 rings (SSSR count). The van der Waals surface area contributed by atoms with Crippen LogP contribution in [-0.2, 0) is 4.74 Å². The Kier molecular flexibility index (Phi) is 4.34. The number of hydrogen-bond donors (Lipinski definition) is 2. The molecule has 2 N–H and O–H groups in total. The van der Waals surface area contributed by atoms with E-state index in [-0.39, 0.29) is 24.0 Å². The lowest BCUT2D eigenvalue weighted by atomic mass is 9.98. The van der Waals surface area contributed by atoms with Crippen molar-refractivity contribution in [1.82, 2.24) is 5.32 Å². The molecule has 1 aromatic carbocycles. The summed E-state index contributed by atoms with van der Waals surface area (Å²) in [4.78, 5) is 22.0.